The van der Waals surface area contributed by atoms with Crippen molar-refractivity contribution in [2.45, 2.75) is 47.1 Å². The Balaban J connectivity index is 2.72. The third-order valence-electron chi connectivity index (χ3n) is 3.93. The monoisotopic (exact) mass is 312 g/mol. The van der Waals surface area contributed by atoms with Gasteiger partial charge in [-0.15, -0.1) is 0 Å². The average molecular weight is 312 g/mol. The number of nitrogens with zero attached hydrogens (tertiary/aromatic N) is 2. The highest BCUT2D eigenvalue weighted by Gasteiger charge is 2.38. The van der Waals surface area contributed by atoms with Crippen LogP contribution < -0.4 is 0 Å². The molecule has 0 saturated carbocycles. The Kier molecular flexibility index (Phi) is 7.33. The first kappa shape index (κ1) is 18.9. The summed E-state index contributed by atoms with van der Waals surface area (Å²) in [7, 11) is 1.63. The summed E-state index contributed by atoms with van der Waals surface area (Å²) in [5.41, 5.74) is 0. The summed E-state index contributed by atoms with van der Waals surface area (Å²) >= 11 is 0. The van der Waals surface area contributed by atoms with E-state index >= 15 is 0 Å². The fraction of sp³-hybridized carbons (Fsp3) is 0.882. The highest BCUT2D eigenvalue weighted by Crippen LogP contribution is 2.23. The Morgan fingerprint density at radius 1 is 1.23 bits per heavy atom. The Labute approximate surface area is 135 Å². The number of rotatable bonds is 8. The molecular formula is C17H32N2O3. The molecule has 1 aliphatic rings. The van der Waals surface area contributed by atoms with E-state index in [-0.39, 0.29) is 23.8 Å². The lowest BCUT2D eigenvalue weighted by molar-refractivity contribution is -0.136. The molecule has 0 aromatic rings. The van der Waals surface area contributed by atoms with Crippen molar-refractivity contribution in [3.8, 4) is 0 Å². The van der Waals surface area contributed by atoms with Crippen LogP contribution >= 0.6 is 0 Å². The number of carbonyl (C=O) groups excluding carboxylic acids is 2. The Hall–Kier alpha value is -1.10. The Morgan fingerprint density at radius 3 is 2.23 bits per heavy atom. The van der Waals surface area contributed by atoms with E-state index in [0.29, 0.717) is 31.4 Å². The quantitative estimate of drug-likeness (QED) is 0.689. The van der Waals surface area contributed by atoms with Gasteiger partial charge in [0, 0.05) is 33.2 Å². The van der Waals surface area contributed by atoms with Gasteiger partial charge in [-0.05, 0) is 18.8 Å². The molecule has 1 fully saturated rings. The van der Waals surface area contributed by atoms with Crippen molar-refractivity contribution in [3.63, 3.8) is 0 Å². The standard InChI is InChI=1S/C17H32N2O3/c1-12(2)8-18(9-13(3)4)17(21)15-7-16(20)19(10-15)14(5)11-22-6/h12-15H,7-11H2,1-6H3/t14-,15-/m0/s1. The van der Waals surface area contributed by atoms with Crippen LogP contribution in [0.15, 0.2) is 0 Å². The molecule has 1 saturated heterocycles. The van der Waals surface area contributed by atoms with Gasteiger partial charge in [0.25, 0.3) is 0 Å². The molecule has 2 amide bonds. The molecule has 0 spiro atoms. The van der Waals surface area contributed by atoms with Crippen LogP contribution in [0.25, 0.3) is 0 Å². The number of ether oxygens (including phenoxy) is 1. The van der Waals surface area contributed by atoms with Crippen molar-refractivity contribution in [3.05, 3.63) is 0 Å². The van der Waals surface area contributed by atoms with Gasteiger partial charge in [0.05, 0.1) is 18.6 Å². The van der Waals surface area contributed by atoms with Crippen LogP contribution in [-0.2, 0) is 14.3 Å². The normalized spacial score (nSPS) is 20.1. The second-order valence-electron chi connectivity index (χ2n) is 7.28. The van der Waals surface area contributed by atoms with Crippen molar-refractivity contribution in [2.24, 2.45) is 17.8 Å². The van der Waals surface area contributed by atoms with E-state index in [2.05, 4.69) is 27.7 Å². The van der Waals surface area contributed by atoms with Gasteiger partial charge in [0.2, 0.25) is 11.8 Å². The third-order valence-corrected chi connectivity index (χ3v) is 3.93. The zero-order chi connectivity index (χ0) is 16.9. The first-order chi connectivity index (χ1) is 10.3. The molecule has 128 valence electrons. The van der Waals surface area contributed by atoms with Crippen LogP contribution in [0.2, 0.25) is 0 Å². The van der Waals surface area contributed by atoms with E-state index in [1.807, 2.05) is 11.8 Å². The van der Waals surface area contributed by atoms with Gasteiger partial charge in [-0.3, -0.25) is 9.59 Å². The van der Waals surface area contributed by atoms with Crippen molar-refractivity contribution in [1.29, 1.82) is 0 Å². The highest BCUT2D eigenvalue weighted by molar-refractivity contribution is 5.89. The van der Waals surface area contributed by atoms with Crippen LogP contribution in [0.4, 0.5) is 0 Å². The fourth-order valence-corrected chi connectivity index (χ4v) is 3.05. The summed E-state index contributed by atoms with van der Waals surface area (Å²) < 4.78 is 5.12. The van der Waals surface area contributed by atoms with E-state index in [9.17, 15) is 9.59 Å². The maximum atomic E-state index is 12.8. The molecule has 0 aromatic carbocycles. The number of likely N-dealkylation sites (tertiary alicyclic amines) is 1. The van der Waals surface area contributed by atoms with E-state index in [1.54, 1.807) is 12.0 Å². The number of hydrogen-bond donors (Lipinski definition) is 0. The van der Waals surface area contributed by atoms with Gasteiger partial charge in [-0.1, -0.05) is 27.7 Å². The lowest BCUT2D eigenvalue weighted by Gasteiger charge is -2.29. The SMILES string of the molecule is COC[C@H](C)N1C[C@@H](C(=O)N(CC(C)C)CC(C)C)CC1=O. The Morgan fingerprint density at radius 2 is 1.77 bits per heavy atom. The molecule has 2 atom stereocenters. The number of amides is 2. The van der Waals surface area contributed by atoms with Gasteiger partial charge >= 0.3 is 0 Å². The maximum Gasteiger partial charge on any atom is 0.228 e. The summed E-state index contributed by atoms with van der Waals surface area (Å²) in [4.78, 5) is 28.7. The number of methoxy groups -OCH3 is 1. The first-order valence-corrected chi connectivity index (χ1v) is 8.33. The smallest absolute Gasteiger partial charge is 0.228 e. The largest absolute Gasteiger partial charge is 0.383 e. The number of carbonyl (C=O) groups is 2. The van der Waals surface area contributed by atoms with Gasteiger partial charge in [-0.2, -0.15) is 0 Å². The van der Waals surface area contributed by atoms with Gasteiger partial charge in [0.1, 0.15) is 0 Å². The molecule has 0 N–H and O–H groups in total. The molecule has 0 aromatic heterocycles. The maximum absolute atomic E-state index is 12.8. The minimum absolute atomic E-state index is 0.0268. The van der Waals surface area contributed by atoms with Gasteiger partial charge < -0.3 is 14.5 Å². The second kappa shape index (κ2) is 8.51. The van der Waals surface area contributed by atoms with Crippen LogP contribution in [0.5, 0.6) is 0 Å². The molecule has 5 nitrogen and oxygen atoms in total. The third kappa shape index (κ3) is 5.27. The van der Waals surface area contributed by atoms with Crippen molar-refractivity contribution in [2.75, 3.05) is 33.4 Å². The lowest BCUT2D eigenvalue weighted by atomic mass is 10.0. The molecule has 1 aliphatic heterocycles. The summed E-state index contributed by atoms with van der Waals surface area (Å²) in [5.74, 6) is 0.857. The van der Waals surface area contributed by atoms with Crippen LogP contribution in [0, 0.1) is 17.8 Å². The molecular weight excluding hydrogens is 280 g/mol. The summed E-state index contributed by atoms with van der Waals surface area (Å²) in [6.07, 6.45) is 0.333. The molecule has 0 bridgehead atoms. The summed E-state index contributed by atoms with van der Waals surface area (Å²) in [6, 6.07) is 0.0268. The van der Waals surface area contributed by atoms with Gasteiger partial charge in [0.15, 0.2) is 0 Å². The number of hydrogen-bond acceptors (Lipinski definition) is 3. The minimum atomic E-state index is -0.204. The summed E-state index contributed by atoms with van der Waals surface area (Å²) in [5, 5.41) is 0. The van der Waals surface area contributed by atoms with Crippen LogP contribution in [0.3, 0.4) is 0 Å². The Bertz CT molecular complexity index is 372. The molecule has 0 unspecified atom stereocenters. The van der Waals surface area contributed by atoms with Crippen molar-refractivity contribution >= 4 is 11.8 Å². The minimum Gasteiger partial charge on any atom is -0.383 e. The molecule has 1 rings (SSSR count). The summed E-state index contributed by atoms with van der Waals surface area (Å²) in [6.45, 7) is 13.0. The van der Waals surface area contributed by atoms with Crippen LogP contribution in [0.1, 0.15) is 41.0 Å². The zero-order valence-corrected chi connectivity index (χ0v) is 15.0. The zero-order valence-electron chi connectivity index (χ0n) is 15.0. The second-order valence-corrected chi connectivity index (χ2v) is 7.28. The van der Waals surface area contributed by atoms with E-state index < -0.39 is 0 Å². The molecule has 1 heterocycles. The average Bonchev–Trinajstić information content (AvgIpc) is 2.78. The van der Waals surface area contributed by atoms with E-state index in [4.69, 9.17) is 4.74 Å². The van der Waals surface area contributed by atoms with E-state index in [1.165, 1.54) is 0 Å². The van der Waals surface area contributed by atoms with Crippen molar-refractivity contribution < 1.29 is 14.3 Å². The van der Waals surface area contributed by atoms with Crippen molar-refractivity contribution in [1.82, 2.24) is 9.80 Å². The fourth-order valence-electron chi connectivity index (χ4n) is 3.05. The molecule has 0 radical (unpaired) electrons. The van der Waals surface area contributed by atoms with Gasteiger partial charge in [-0.25, -0.2) is 0 Å². The molecule has 22 heavy (non-hydrogen) atoms. The van der Waals surface area contributed by atoms with E-state index in [0.717, 1.165) is 13.1 Å². The molecule has 5 heteroatoms. The predicted octanol–water partition coefficient (Wildman–Crippen LogP) is 2.01. The highest BCUT2D eigenvalue weighted by atomic mass is 16.5. The lowest BCUT2D eigenvalue weighted by Crippen LogP contribution is -2.42. The molecule has 0 aliphatic carbocycles. The van der Waals surface area contributed by atoms with Crippen LogP contribution in [-0.4, -0.2) is 61.0 Å². The first-order valence-electron chi connectivity index (χ1n) is 8.33. The topological polar surface area (TPSA) is 49.9 Å². The predicted molar refractivity (Wildman–Crippen MR) is 87.4 cm³/mol.